The van der Waals surface area contributed by atoms with Gasteiger partial charge in [-0.05, 0) is 19.8 Å². The summed E-state index contributed by atoms with van der Waals surface area (Å²) < 4.78 is 4.89. The second-order valence-corrected chi connectivity index (χ2v) is 4.87. The van der Waals surface area contributed by atoms with Crippen molar-refractivity contribution in [2.45, 2.75) is 33.2 Å². The highest BCUT2D eigenvalue weighted by Crippen LogP contribution is 2.06. The highest BCUT2D eigenvalue weighted by Gasteiger charge is 2.17. The first kappa shape index (κ1) is 18.7. The van der Waals surface area contributed by atoms with Gasteiger partial charge in [0.15, 0.2) is 11.8 Å². The molecule has 9 heteroatoms. The number of hydrogen-bond acceptors (Lipinski definition) is 5. The van der Waals surface area contributed by atoms with Gasteiger partial charge in [-0.2, -0.15) is 4.98 Å². The van der Waals surface area contributed by atoms with Gasteiger partial charge >= 0.3 is 0 Å². The minimum absolute atomic E-state index is 0. The molecule has 1 amide bonds. The largest absolute Gasteiger partial charge is 0.357 e. The van der Waals surface area contributed by atoms with Gasteiger partial charge in [0.05, 0.1) is 6.54 Å². The summed E-state index contributed by atoms with van der Waals surface area (Å²) in [6.45, 7) is 6.69. The Bertz CT molecular complexity index is 498. The van der Waals surface area contributed by atoms with Gasteiger partial charge in [0, 0.05) is 26.6 Å². The Kier molecular flexibility index (Phi) is 8.13. The number of amides is 1. The Balaban J connectivity index is 0.00000242. The van der Waals surface area contributed by atoms with Gasteiger partial charge in [0.1, 0.15) is 6.54 Å². The van der Waals surface area contributed by atoms with Crippen molar-refractivity contribution in [1.82, 2.24) is 25.7 Å². The fraction of sp³-hybridized carbons (Fsp3) is 0.692. The Morgan fingerprint density at radius 1 is 1.36 bits per heavy atom. The van der Waals surface area contributed by atoms with Crippen molar-refractivity contribution in [3.05, 3.63) is 11.7 Å². The van der Waals surface area contributed by atoms with Crippen LogP contribution in [0.4, 0.5) is 0 Å². The van der Waals surface area contributed by atoms with Gasteiger partial charge in [-0.15, -0.1) is 24.0 Å². The highest BCUT2D eigenvalue weighted by molar-refractivity contribution is 14.0. The number of likely N-dealkylation sites (tertiary alicyclic amines) is 1. The molecule has 2 heterocycles. The molecular formula is C13H23IN6O2. The van der Waals surface area contributed by atoms with Crippen LogP contribution < -0.4 is 10.6 Å². The molecule has 2 rings (SSSR count). The number of aromatic nitrogens is 2. The van der Waals surface area contributed by atoms with E-state index in [1.165, 1.54) is 0 Å². The molecule has 0 radical (unpaired) electrons. The zero-order valence-corrected chi connectivity index (χ0v) is 15.3. The van der Waals surface area contributed by atoms with E-state index in [4.69, 9.17) is 4.52 Å². The lowest BCUT2D eigenvalue weighted by Gasteiger charge is -2.17. The minimum Gasteiger partial charge on any atom is -0.357 e. The van der Waals surface area contributed by atoms with Crippen LogP contribution >= 0.6 is 24.0 Å². The molecule has 2 N–H and O–H groups in total. The Morgan fingerprint density at radius 2 is 2.09 bits per heavy atom. The van der Waals surface area contributed by atoms with Crippen LogP contribution in [0.1, 0.15) is 31.5 Å². The van der Waals surface area contributed by atoms with Crippen LogP contribution in [-0.2, 0) is 11.3 Å². The molecule has 8 nitrogen and oxygen atoms in total. The Hall–Kier alpha value is -1.39. The molecule has 0 aromatic carbocycles. The zero-order chi connectivity index (χ0) is 15.1. The van der Waals surface area contributed by atoms with E-state index in [2.05, 4.69) is 25.8 Å². The van der Waals surface area contributed by atoms with E-state index in [0.29, 0.717) is 24.2 Å². The van der Waals surface area contributed by atoms with Gasteiger partial charge in [0.25, 0.3) is 0 Å². The van der Waals surface area contributed by atoms with E-state index in [9.17, 15) is 4.79 Å². The monoisotopic (exact) mass is 422 g/mol. The molecule has 0 aliphatic carbocycles. The number of rotatable bonds is 5. The number of carbonyl (C=O) groups is 1. The molecule has 0 bridgehead atoms. The van der Waals surface area contributed by atoms with Crippen molar-refractivity contribution in [2.75, 3.05) is 26.2 Å². The summed E-state index contributed by atoms with van der Waals surface area (Å²) >= 11 is 0. The van der Waals surface area contributed by atoms with E-state index in [-0.39, 0.29) is 36.4 Å². The van der Waals surface area contributed by atoms with E-state index >= 15 is 0 Å². The third-order valence-corrected chi connectivity index (χ3v) is 3.16. The fourth-order valence-electron chi connectivity index (χ4n) is 2.13. The van der Waals surface area contributed by atoms with Gasteiger partial charge < -0.3 is 20.1 Å². The summed E-state index contributed by atoms with van der Waals surface area (Å²) in [7, 11) is 0. The van der Waals surface area contributed by atoms with Gasteiger partial charge in [-0.3, -0.25) is 4.79 Å². The molecule has 1 fully saturated rings. The predicted molar refractivity (Wildman–Crippen MR) is 93.1 cm³/mol. The van der Waals surface area contributed by atoms with Crippen LogP contribution in [-0.4, -0.2) is 53.1 Å². The maximum atomic E-state index is 12.0. The average molecular weight is 422 g/mol. The maximum Gasteiger partial charge on any atom is 0.241 e. The maximum absolute atomic E-state index is 12.0. The quantitative estimate of drug-likeness (QED) is 0.412. The first-order chi connectivity index (χ1) is 10.2. The number of carbonyl (C=O) groups excluding carboxylic acids is 1. The molecule has 22 heavy (non-hydrogen) atoms. The summed E-state index contributed by atoms with van der Waals surface area (Å²) in [6.07, 6.45) is 2.19. The molecule has 1 aromatic heterocycles. The van der Waals surface area contributed by atoms with Crippen molar-refractivity contribution < 1.29 is 9.32 Å². The summed E-state index contributed by atoms with van der Waals surface area (Å²) in [4.78, 5) is 22.3. The number of nitrogens with zero attached hydrogens (tertiary/aromatic N) is 4. The van der Waals surface area contributed by atoms with Gasteiger partial charge in [-0.1, -0.05) is 5.16 Å². The van der Waals surface area contributed by atoms with Gasteiger partial charge in [-0.25, -0.2) is 4.99 Å². The van der Waals surface area contributed by atoms with Crippen LogP contribution in [0, 0.1) is 6.92 Å². The molecule has 0 unspecified atom stereocenters. The lowest BCUT2D eigenvalue weighted by molar-refractivity contribution is -0.128. The molecule has 0 spiro atoms. The Morgan fingerprint density at radius 3 is 2.68 bits per heavy atom. The van der Waals surface area contributed by atoms with E-state index in [1.807, 2.05) is 11.8 Å². The van der Waals surface area contributed by atoms with Crippen LogP contribution in [0.3, 0.4) is 0 Å². The third-order valence-electron chi connectivity index (χ3n) is 3.16. The van der Waals surface area contributed by atoms with E-state index < -0.39 is 0 Å². The third kappa shape index (κ3) is 5.78. The lowest BCUT2D eigenvalue weighted by Crippen LogP contribution is -2.44. The number of nitrogens with one attached hydrogen (secondary N) is 2. The zero-order valence-electron chi connectivity index (χ0n) is 13.0. The van der Waals surface area contributed by atoms with Crippen molar-refractivity contribution >= 4 is 35.8 Å². The number of hydrogen-bond donors (Lipinski definition) is 2. The normalized spacial score (nSPS) is 14.6. The van der Waals surface area contributed by atoms with E-state index in [0.717, 1.165) is 32.5 Å². The first-order valence-electron chi connectivity index (χ1n) is 7.28. The molecule has 124 valence electrons. The van der Waals surface area contributed by atoms with E-state index in [1.54, 1.807) is 6.92 Å². The van der Waals surface area contributed by atoms with Crippen molar-refractivity contribution in [3.63, 3.8) is 0 Å². The summed E-state index contributed by atoms with van der Waals surface area (Å²) in [6, 6.07) is 0. The van der Waals surface area contributed by atoms with Crippen LogP contribution in [0.5, 0.6) is 0 Å². The highest BCUT2D eigenvalue weighted by atomic mass is 127. The fourth-order valence-corrected chi connectivity index (χ4v) is 2.13. The SMILES string of the molecule is CCNC(=NCc1noc(C)n1)NCC(=O)N1CCCC1.I. The van der Waals surface area contributed by atoms with Crippen LogP contribution in [0.2, 0.25) is 0 Å². The molecule has 1 aromatic rings. The molecule has 0 saturated carbocycles. The minimum atomic E-state index is 0. The summed E-state index contributed by atoms with van der Waals surface area (Å²) in [5, 5.41) is 9.91. The topological polar surface area (TPSA) is 95.6 Å². The van der Waals surface area contributed by atoms with Crippen LogP contribution in [0.15, 0.2) is 9.52 Å². The molecule has 1 aliphatic heterocycles. The molecule has 0 atom stereocenters. The number of aryl methyl sites for hydroxylation is 1. The molecule has 1 aliphatic rings. The molecule has 1 saturated heterocycles. The standard InChI is InChI=1S/C13H22N6O2.HI/c1-3-14-13(15-8-11-17-10(2)21-18-11)16-9-12(20)19-6-4-5-7-19;/h3-9H2,1-2H3,(H2,14,15,16);1H. The van der Waals surface area contributed by atoms with Crippen molar-refractivity contribution in [3.8, 4) is 0 Å². The Labute approximate surface area is 147 Å². The van der Waals surface area contributed by atoms with Crippen molar-refractivity contribution in [1.29, 1.82) is 0 Å². The van der Waals surface area contributed by atoms with Crippen LogP contribution in [0.25, 0.3) is 0 Å². The molecular weight excluding hydrogens is 399 g/mol. The smallest absolute Gasteiger partial charge is 0.241 e. The second kappa shape index (κ2) is 9.59. The summed E-state index contributed by atoms with van der Waals surface area (Å²) in [5.74, 6) is 1.72. The number of guanidine groups is 1. The van der Waals surface area contributed by atoms with Gasteiger partial charge in [0.2, 0.25) is 11.8 Å². The number of halogens is 1. The predicted octanol–water partition coefficient (Wildman–Crippen LogP) is 0.674. The summed E-state index contributed by atoms with van der Waals surface area (Å²) in [5.41, 5.74) is 0. The second-order valence-electron chi connectivity index (χ2n) is 4.87. The average Bonchev–Trinajstić information content (AvgIpc) is 3.13. The number of aliphatic imine (C=N–C) groups is 1. The lowest BCUT2D eigenvalue weighted by atomic mass is 10.4. The first-order valence-corrected chi connectivity index (χ1v) is 7.28. The van der Waals surface area contributed by atoms with Crippen molar-refractivity contribution in [2.24, 2.45) is 4.99 Å².